The van der Waals surface area contributed by atoms with Crippen LogP contribution in [0.1, 0.15) is 17.0 Å². The summed E-state index contributed by atoms with van der Waals surface area (Å²) in [5.41, 5.74) is 5.64. The molecule has 2 N–H and O–H groups in total. The maximum atomic E-state index is 12.5. The van der Waals surface area contributed by atoms with Crippen LogP contribution in [0, 0.1) is 0 Å². The Balaban J connectivity index is 0.00000242. The highest BCUT2D eigenvalue weighted by Gasteiger charge is 2.29. The van der Waals surface area contributed by atoms with Gasteiger partial charge in [0.1, 0.15) is 5.82 Å². The molecule has 22 heavy (non-hydrogen) atoms. The van der Waals surface area contributed by atoms with Gasteiger partial charge in [-0.1, -0.05) is 23.9 Å². The maximum absolute atomic E-state index is 12.5. The van der Waals surface area contributed by atoms with Crippen molar-refractivity contribution in [2.75, 3.05) is 6.54 Å². The second kappa shape index (κ2) is 7.85. The average Bonchev–Trinajstić information content (AvgIpc) is 2.78. The third kappa shape index (κ3) is 4.62. The van der Waals surface area contributed by atoms with Gasteiger partial charge < -0.3 is 10.3 Å². The Bertz CT molecular complexity index is 598. The monoisotopic (exact) mass is 352 g/mol. The number of halogens is 4. The van der Waals surface area contributed by atoms with E-state index in [9.17, 15) is 13.2 Å². The van der Waals surface area contributed by atoms with Crippen LogP contribution in [0.4, 0.5) is 13.2 Å². The van der Waals surface area contributed by atoms with Crippen molar-refractivity contribution in [1.29, 1.82) is 0 Å². The van der Waals surface area contributed by atoms with Crippen LogP contribution < -0.4 is 5.73 Å². The SMILES string of the molecule is Cl.Cn1c(CCN)nnc1SCc1ccc(C(F)(F)F)cc1. The molecule has 9 heteroatoms. The summed E-state index contributed by atoms with van der Waals surface area (Å²) in [6.07, 6.45) is -3.66. The Morgan fingerprint density at radius 3 is 2.36 bits per heavy atom. The fourth-order valence-electron chi connectivity index (χ4n) is 1.76. The molecule has 1 aromatic carbocycles. The Morgan fingerprint density at radius 2 is 1.82 bits per heavy atom. The summed E-state index contributed by atoms with van der Waals surface area (Å²) < 4.78 is 39.2. The van der Waals surface area contributed by atoms with E-state index >= 15 is 0 Å². The number of aromatic nitrogens is 3. The van der Waals surface area contributed by atoms with Gasteiger partial charge in [-0.2, -0.15) is 13.2 Å². The maximum Gasteiger partial charge on any atom is 0.416 e. The van der Waals surface area contributed by atoms with Gasteiger partial charge in [0.25, 0.3) is 0 Å². The first-order chi connectivity index (χ1) is 9.91. The molecule has 0 atom stereocenters. The van der Waals surface area contributed by atoms with Crippen molar-refractivity contribution in [2.24, 2.45) is 12.8 Å². The van der Waals surface area contributed by atoms with Crippen LogP contribution in [0.25, 0.3) is 0 Å². The average molecular weight is 353 g/mol. The van der Waals surface area contributed by atoms with Crippen molar-refractivity contribution < 1.29 is 13.2 Å². The highest BCUT2D eigenvalue weighted by atomic mass is 35.5. The number of nitrogens with zero attached hydrogens (tertiary/aromatic N) is 3. The van der Waals surface area contributed by atoms with Crippen molar-refractivity contribution in [3.8, 4) is 0 Å². The third-order valence-electron chi connectivity index (χ3n) is 2.94. The van der Waals surface area contributed by atoms with E-state index in [4.69, 9.17) is 5.73 Å². The van der Waals surface area contributed by atoms with Gasteiger partial charge in [0.05, 0.1) is 5.56 Å². The zero-order valence-corrected chi connectivity index (χ0v) is 13.4. The lowest BCUT2D eigenvalue weighted by atomic mass is 10.1. The summed E-state index contributed by atoms with van der Waals surface area (Å²) in [5.74, 6) is 1.33. The quantitative estimate of drug-likeness (QED) is 0.840. The zero-order valence-electron chi connectivity index (χ0n) is 11.8. The minimum atomic E-state index is -4.30. The molecule has 0 spiro atoms. The van der Waals surface area contributed by atoms with Gasteiger partial charge in [0.2, 0.25) is 0 Å². The van der Waals surface area contributed by atoms with Crippen LogP contribution in [0.3, 0.4) is 0 Å². The van der Waals surface area contributed by atoms with Crippen molar-refractivity contribution in [2.45, 2.75) is 23.5 Å². The number of alkyl halides is 3. The molecule has 2 rings (SSSR count). The minimum absolute atomic E-state index is 0. The normalized spacial score (nSPS) is 11.3. The molecule has 0 fully saturated rings. The summed E-state index contributed by atoms with van der Waals surface area (Å²) in [6.45, 7) is 0.496. The Kier molecular flexibility index (Phi) is 6.70. The van der Waals surface area contributed by atoms with Gasteiger partial charge in [-0.15, -0.1) is 22.6 Å². The molecular formula is C13H16ClF3N4S. The molecule has 0 aliphatic heterocycles. The van der Waals surface area contributed by atoms with Crippen molar-refractivity contribution >= 4 is 24.2 Å². The number of rotatable bonds is 5. The summed E-state index contributed by atoms with van der Waals surface area (Å²) in [4.78, 5) is 0. The topological polar surface area (TPSA) is 56.7 Å². The van der Waals surface area contributed by atoms with Crippen molar-refractivity contribution in [3.63, 3.8) is 0 Å². The molecule has 0 aliphatic rings. The van der Waals surface area contributed by atoms with E-state index in [1.54, 1.807) is 0 Å². The number of thioether (sulfide) groups is 1. The van der Waals surface area contributed by atoms with E-state index in [0.717, 1.165) is 28.7 Å². The number of hydrogen-bond acceptors (Lipinski definition) is 4. The minimum Gasteiger partial charge on any atom is -0.330 e. The molecule has 0 unspecified atom stereocenters. The lowest BCUT2D eigenvalue weighted by molar-refractivity contribution is -0.137. The van der Waals surface area contributed by atoms with Crippen molar-refractivity contribution in [1.82, 2.24) is 14.8 Å². The van der Waals surface area contributed by atoms with Gasteiger partial charge >= 0.3 is 6.18 Å². The molecule has 1 heterocycles. The van der Waals surface area contributed by atoms with E-state index < -0.39 is 11.7 Å². The molecular weight excluding hydrogens is 337 g/mol. The predicted molar refractivity (Wildman–Crippen MR) is 82.0 cm³/mol. The Morgan fingerprint density at radius 1 is 1.18 bits per heavy atom. The Labute approximate surface area is 136 Å². The van der Waals surface area contributed by atoms with Crippen LogP contribution in [0.2, 0.25) is 0 Å². The zero-order chi connectivity index (χ0) is 15.5. The van der Waals surface area contributed by atoms with Gasteiger partial charge in [0, 0.05) is 19.2 Å². The summed E-state index contributed by atoms with van der Waals surface area (Å²) >= 11 is 1.43. The van der Waals surface area contributed by atoms with E-state index in [-0.39, 0.29) is 12.4 Å². The van der Waals surface area contributed by atoms with Crippen LogP contribution in [-0.2, 0) is 25.4 Å². The second-order valence-electron chi connectivity index (χ2n) is 4.48. The smallest absolute Gasteiger partial charge is 0.330 e. The highest BCUT2D eigenvalue weighted by molar-refractivity contribution is 7.98. The molecule has 122 valence electrons. The standard InChI is InChI=1S/C13H15F3N4S.ClH/c1-20-11(6-7-17)18-19-12(20)21-8-9-2-4-10(5-3-9)13(14,15)16;/h2-5H,6-8,17H2,1H3;1H. The summed E-state index contributed by atoms with van der Waals surface area (Å²) in [6, 6.07) is 5.14. The molecule has 0 radical (unpaired) electrons. The molecule has 0 bridgehead atoms. The van der Waals surface area contributed by atoms with Gasteiger partial charge in [-0.05, 0) is 24.2 Å². The van der Waals surface area contributed by atoms with E-state index in [1.807, 2.05) is 11.6 Å². The van der Waals surface area contributed by atoms with Gasteiger partial charge in [0.15, 0.2) is 5.16 Å². The number of benzene rings is 1. The fourth-order valence-corrected chi connectivity index (χ4v) is 2.64. The molecule has 1 aromatic heterocycles. The molecule has 4 nitrogen and oxygen atoms in total. The van der Waals surface area contributed by atoms with Crippen LogP contribution in [0.5, 0.6) is 0 Å². The first kappa shape index (κ1) is 18.8. The lowest BCUT2D eigenvalue weighted by Crippen LogP contribution is -2.08. The first-order valence-electron chi connectivity index (χ1n) is 6.29. The summed E-state index contributed by atoms with van der Waals surface area (Å²) in [7, 11) is 1.85. The molecule has 0 saturated carbocycles. The van der Waals surface area contributed by atoms with Crippen LogP contribution in [0.15, 0.2) is 29.4 Å². The van der Waals surface area contributed by atoms with Gasteiger partial charge in [-0.3, -0.25) is 0 Å². The molecule has 0 aliphatic carbocycles. The van der Waals surface area contributed by atoms with Gasteiger partial charge in [-0.25, -0.2) is 0 Å². The first-order valence-corrected chi connectivity index (χ1v) is 7.27. The van der Waals surface area contributed by atoms with Crippen molar-refractivity contribution in [3.05, 3.63) is 41.2 Å². The third-order valence-corrected chi connectivity index (χ3v) is 4.03. The van der Waals surface area contributed by atoms with E-state index in [1.165, 1.54) is 23.9 Å². The molecule has 0 amide bonds. The molecule has 0 saturated heterocycles. The predicted octanol–water partition coefficient (Wildman–Crippen LogP) is 3.05. The largest absolute Gasteiger partial charge is 0.416 e. The summed E-state index contributed by atoms with van der Waals surface area (Å²) in [5, 5.41) is 8.79. The lowest BCUT2D eigenvalue weighted by Gasteiger charge is -2.07. The fraction of sp³-hybridized carbons (Fsp3) is 0.385. The van der Waals surface area contributed by atoms with Crippen LogP contribution in [-0.4, -0.2) is 21.3 Å². The van der Waals surface area contributed by atoms with E-state index in [0.29, 0.717) is 18.7 Å². The second-order valence-corrected chi connectivity index (χ2v) is 5.42. The molecule has 2 aromatic rings. The highest BCUT2D eigenvalue weighted by Crippen LogP contribution is 2.30. The number of hydrogen-bond donors (Lipinski definition) is 1. The van der Waals surface area contributed by atoms with Crippen LogP contribution >= 0.6 is 24.2 Å². The number of nitrogens with two attached hydrogens (primary N) is 1. The van der Waals surface area contributed by atoms with E-state index in [2.05, 4.69) is 10.2 Å². The Hall–Kier alpha value is -1.25.